The second-order valence-corrected chi connectivity index (χ2v) is 9.03. The molecule has 34 heavy (non-hydrogen) atoms. The summed E-state index contributed by atoms with van der Waals surface area (Å²) in [7, 11) is 0. The molecule has 11 heteroatoms. The van der Waals surface area contributed by atoms with E-state index in [2.05, 4.69) is 39.7 Å². The summed E-state index contributed by atoms with van der Waals surface area (Å²) in [5.74, 6) is 0.851. The number of carbonyl (C=O) groups is 1. The molecule has 1 amide bonds. The van der Waals surface area contributed by atoms with E-state index in [4.69, 9.17) is 4.98 Å². The van der Waals surface area contributed by atoms with E-state index in [9.17, 15) is 14.4 Å². The molecule has 1 fully saturated rings. The van der Waals surface area contributed by atoms with Gasteiger partial charge in [0.2, 0.25) is 11.8 Å². The van der Waals surface area contributed by atoms with Gasteiger partial charge in [0.15, 0.2) is 11.9 Å². The molecule has 0 saturated carbocycles. The Morgan fingerprint density at radius 1 is 1.32 bits per heavy atom. The van der Waals surface area contributed by atoms with Gasteiger partial charge in [0.1, 0.15) is 0 Å². The van der Waals surface area contributed by atoms with Crippen LogP contribution < -0.4 is 20.3 Å². The largest absolute Gasteiger partial charge is 0.740 e. The summed E-state index contributed by atoms with van der Waals surface area (Å²) in [4.78, 5) is 23.1. The first-order valence-electron chi connectivity index (χ1n) is 11.6. The van der Waals surface area contributed by atoms with Crippen molar-refractivity contribution in [2.45, 2.75) is 57.9 Å². The molecule has 178 valence electrons. The summed E-state index contributed by atoms with van der Waals surface area (Å²) in [5, 5.41) is 26.7. The van der Waals surface area contributed by atoms with Crippen LogP contribution in [0.3, 0.4) is 0 Å². The van der Waals surface area contributed by atoms with E-state index >= 15 is 0 Å². The van der Waals surface area contributed by atoms with Crippen molar-refractivity contribution in [1.82, 2.24) is 20.2 Å². The van der Waals surface area contributed by atoms with Crippen LogP contribution in [0.25, 0.3) is 0 Å². The molecule has 5 rings (SSSR count). The highest BCUT2D eigenvalue weighted by atomic mass is 19.1. The van der Waals surface area contributed by atoms with Gasteiger partial charge in [-0.05, 0) is 43.7 Å². The summed E-state index contributed by atoms with van der Waals surface area (Å²) in [6, 6.07) is 4.02. The SMILES string of the molecule is CC(C)c1cc(Nc2nc(N3CCCC3C(=O)Nc3ccc(F)nc3)[n+]([O-])c3c2CCC3)n[nH]1. The molecular formula is C23H27FN8O2. The average Bonchev–Trinajstić information content (AvgIpc) is 3.57. The maximum atomic E-state index is 13.3. The topological polar surface area (TPSA) is 126 Å². The minimum Gasteiger partial charge on any atom is -0.740 e. The minimum atomic E-state index is -0.618. The van der Waals surface area contributed by atoms with Gasteiger partial charge in [-0.2, -0.15) is 9.49 Å². The van der Waals surface area contributed by atoms with E-state index in [-0.39, 0.29) is 11.9 Å². The molecule has 3 aromatic rings. The predicted molar refractivity (Wildman–Crippen MR) is 124 cm³/mol. The molecule has 1 aliphatic carbocycles. The van der Waals surface area contributed by atoms with E-state index in [1.165, 1.54) is 18.3 Å². The van der Waals surface area contributed by atoms with Gasteiger partial charge in [-0.3, -0.25) is 9.89 Å². The minimum absolute atomic E-state index is 0.206. The molecule has 0 aromatic carbocycles. The normalized spacial score (nSPS) is 17.3. The summed E-state index contributed by atoms with van der Waals surface area (Å²) < 4.78 is 14.0. The number of nitrogens with one attached hydrogen (secondary N) is 3. The molecule has 4 heterocycles. The zero-order valence-electron chi connectivity index (χ0n) is 19.1. The highest BCUT2D eigenvalue weighted by Crippen LogP contribution is 2.32. The molecule has 3 N–H and O–H groups in total. The second kappa shape index (κ2) is 8.88. The molecule has 3 aromatic heterocycles. The molecule has 1 saturated heterocycles. The number of hydrogen-bond acceptors (Lipinski definition) is 7. The molecule has 10 nitrogen and oxygen atoms in total. The third-order valence-corrected chi connectivity index (χ3v) is 6.39. The molecule has 0 spiro atoms. The highest BCUT2D eigenvalue weighted by Gasteiger charge is 2.40. The number of halogens is 1. The van der Waals surface area contributed by atoms with Crippen LogP contribution in [0.4, 0.5) is 27.7 Å². The fourth-order valence-corrected chi connectivity index (χ4v) is 4.60. The van der Waals surface area contributed by atoms with E-state index in [1.807, 2.05) is 6.07 Å². The number of carbonyl (C=O) groups excluding carboxylic acids is 1. The lowest BCUT2D eigenvalue weighted by Crippen LogP contribution is -2.48. The number of amides is 1. The van der Waals surface area contributed by atoms with Gasteiger partial charge in [-0.15, -0.1) is 0 Å². The van der Waals surface area contributed by atoms with Gasteiger partial charge in [-0.25, -0.2) is 14.6 Å². The standard InChI is InChI=1S/C23H27FN8O2/c1-13(2)16-11-20(30-29-16)27-21-15-5-3-6-17(15)32(34)23(28-21)31-10-4-7-18(31)22(33)26-14-8-9-19(24)25-12-14/h8-9,11-13,18H,3-7,10H2,1-2H3,(H,26,33)(H2,27,28,29,30). The predicted octanol–water partition coefficient (Wildman–Crippen LogP) is 2.94. The lowest BCUT2D eigenvalue weighted by atomic mass is 10.1. The van der Waals surface area contributed by atoms with Gasteiger partial charge in [0, 0.05) is 23.7 Å². The third-order valence-electron chi connectivity index (χ3n) is 6.39. The van der Waals surface area contributed by atoms with Crippen molar-refractivity contribution in [2.75, 3.05) is 22.1 Å². The highest BCUT2D eigenvalue weighted by molar-refractivity contribution is 5.96. The van der Waals surface area contributed by atoms with Gasteiger partial charge in [-0.1, -0.05) is 18.8 Å². The summed E-state index contributed by atoms with van der Waals surface area (Å²) in [6.45, 7) is 4.69. The number of rotatable bonds is 6. The number of H-pyrrole nitrogens is 1. The van der Waals surface area contributed by atoms with Crippen molar-refractivity contribution in [2.24, 2.45) is 0 Å². The number of hydrogen-bond donors (Lipinski definition) is 3. The maximum Gasteiger partial charge on any atom is 0.397 e. The van der Waals surface area contributed by atoms with Crippen molar-refractivity contribution in [3.8, 4) is 0 Å². The molecule has 0 radical (unpaired) electrons. The fraction of sp³-hybridized carbons (Fsp3) is 0.435. The Hall–Kier alpha value is -3.76. The molecule has 1 atom stereocenters. The van der Waals surface area contributed by atoms with Crippen LogP contribution in [0, 0.1) is 11.2 Å². The first-order chi connectivity index (χ1) is 16.4. The summed E-state index contributed by atoms with van der Waals surface area (Å²) >= 11 is 0. The molecule has 1 unspecified atom stereocenters. The van der Waals surface area contributed by atoms with Crippen LogP contribution in [0.5, 0.6) is 0 Å². The lowest BCUT2D eigenvalue weighted by molar-refractivity contribution is -0.603. The van der Waals surface area contributed by atoms with Gasteiger partial charge in [0.25, 0.3) is 5.91 Å². The van der Waals surface area contributed by atoms with Crippen LogP contribution in [-0.2, 0) is 17.6 Å². The number of nitrogens with zero attached hydrogens (tertiary/aromatic N) is 5. The van der Waals surface area contributed by atoms with Crippen molar-refractivity contribution >= 4 is 29.2 Å². The Bertz CT molecular complexity index is 1210. The smallest absolute Gasteiger partial charge is 0.397 e. The summed E-state index contributed by atoms with van der Waals surface area (Å²) in [5.41, 5.74) is 2.98. The van der Waals surface area contributed by atoms with Crippen molar-refractivity contribution in [3.05, 3.63) is 52.5 Å². The molecule has 1 aliphatic heterocycles. The Balaban J connectivity index is 1.44. The molecule has 0 bridgehead atoms. The molecule has 2 aliphatic rings. The first-order valence-corrected chi connectivity index (χ1v) is 11.6. The monoisotopic (exact) mass is 466 g/mol. The molecular weight excluding hydrogens is 439 g/mol. The fourth-order valence-electron chi connectivity index (χ4n) is 4.60. The third kappa shape index (κ3) is 4.13. The van der Waals surface area contributed by atoms with Crippen LogP contribution in [0.2, 0.25) is 0 Å². The van der Waals surface area contributed by atoms with Gasteiger partial charge >= 0.3 is 5.95 Å². The Kier molecular flexibility index (Phi) is 5.76. The number of fused-ring (bicyclic) bond motifs is 1. The number of pyridine rings is 1. The van der Waals surface area contributed by atoms with Crippen LogP contribution >= 0.6 is 0 Å². The Labute approximate surface area is 196 Å². The zero-order chi connectivity index (χ0) is 23.8. The number of aromatic amines is 1. The Morgan fingerprint density at radius 2 is 2.18 bits per heavy atom. The van der Waals surface area contributed by atoms with Gasteiger partial charge < -0.3 is 15.8 Å². The van der Waals surface area contributed by atoms with Crippen molar-refractivity contribution in [1.29, 1.82) is 0 Å². The van der Waals surface area contributed by atoms with Gasteiger partial charge in [0.05, 0.1) is 24.1 Å². The van der Waals surface area contributed by atoms with Crippen LogP contribution in [-0.4, -0.2) is 38.7 Å². The van der Waals surface area contributed by atoms with E-state index in [1.54, 1.807) is 4.90 Å². The number of anilines is 4. The van der Waals surface area contributed by atoms with E-state index in [0.29, 0.717) is 48.3 Å². The van der Waals surface area contributed by atoms with Crippen LogP contribution in [0.1, 0.15) is 56.0 Å². The quantitative estimate of drug-likeness (QED) is 0.290. The number of aromatic nitrogens is 5. The van der Waals surface area contributed by atoms with E-state index < -0.39 is 12.0 Å². The van der Waals surface area contributed by atoms with Crippen molar-refractivity contribution in [3.63, 3.8) is 0 Å². The first kappa shape index (κ1) is 22.1. The Morgan fingerprint density at radius 3 is 2.91 bits per heavy atom. The zero-order valence-corrected chi connectivity index (χ0v) is 19.1. The second-order valence-electron chi connectivity index (χ2n) is 9.03. The van der Waals surface area contributed by atoms with E-state index in [0.717, 1.165) is 35.3 Å². The summed E-state index contributed by atoms with van der Waals surface area (Å²) in [6.07, 6.45) is 4.89. The maximum absolute atomic E-state index is 13.3. The lowest BCUT2D eigenvalue weighted by Gasteiger charge is -2.24. The average molecular weight is 467 g/mol. The van der Waals surface area contributed by atoms with Crippen molar-refractivity contribution < 1.29 is 13.9 Å². The van der Waals surface area contributed by atoms with Crippen LogP contribution in [0.15, 0.2) is 24.4 Å².